The molecule has 0 saturated heterocycles. The summed E-state index contributed by atoms with van der Waals surface area (Å²) in [6, 6.07) is 8.44. The third-order valence-electron chi connectivity index (χ3n) is 7.99. The van der Waals surface area contributed by atoms with Gasteiger partial charge in [-0.2, -0.15) is 0 Å². The number of hydrogen-bond acceptors (Lipinski definition) is 10. The second-order valence-corrected chi connectivity index (χ2v) is 10.4. The van der Waals surface area contributed by atoms with Gasteiger partial charge in [0, 0.05) is 5.92 Å². The van der Waals surface area contributed by atoms with Gasteiger partial charge < -0.3 is 36.4 Å². The van der Waals surface area contributed by atoms with Gasteiger partial charge in [0.1, 0.15) is 22.8 Å². The number of phenols is 1. The summed E-state index contributed by atoms with van der Waals surface area (Å²) in [6.45, 7) is 0. The van der Waals surface area contributed by atoms with Gasteiger partial charge in [-0.05, 0) is 49.0 Å². The number of likely N-dealkylation sites (N-methyl/N-ethyl adjacent to an activating group) is 1. The topological polar surface area (TPSA) is 219 Å². The third kappa shape index (κ3) is 3.79. The van der Waals surface area contributed by atoms with Crippen LogP contribution in [0.2, 0.25) is 0 Å². The fourth-order valence-electron chi connectivity index (χ4n) is 6.25. The van der Waals surface area contributed by atoms with Gasteiger partial charge in [0.05, 0.1) is 34.8 Å². The molecular formula is C29H26N2O10. The fourth-order valence-corrected chi connectivity index (χ4v) is 6.25. The Kier molecular flexibility index (Phi) is 6.37. The SMILES string of the molecule is CN(C)C1C(=O)C(C(N)=O)=C(O)C2(O)C(=O)C3=C(O)c4c(O)cccc4/C(=C\c4cccc(C(=O)O)c4)C3C(O)C12. The van der Waals surface area contributed by atoms with E-state index in [0.717, 1.165) is 0 Å². The van der Waals surface area contributed by atoms with Crippen molar-refractivity contribution in [1.29, 1.82) is 0 Å². The van der Waals surface area contributed by atoms with Crippen LogP contribution in [0.3, 0.4) is 0 Å². The molecule has 3 aliphatic rings. The van der Waals surface area contributed by atoms with Crippen molar-refractivity contribution in [3.05, 3.63) is 81.6 Å². The Labute approximate surface area is 232 Å². The summed E-state index contributed by atoms with van der Waals surface area (Å²) in [6.07, 6.45) is -0.380. The van der Waals surface area contributed by atoms with E-state index in [1.165, 1.54) is 61.5 Å². The molecule has 1 amide bonds. The Morgan fingerprint density at radius 2 is 1.71 bits per heavy atom. The number of benzene rings is 2. The number of primary amides is 1. The van der Waals surface area contributed by atoms with Crippen molar-refractivity contribution in [2.75, 3.05) is 14.1 Å². The number of aliphatic hydroxyl groups excluding tert-OH is 3. The number of aromatic hydroxyl groups is 1. The smallest absolute Gasteiger partial charge is 0.335 e. The van der Waals surface area contributed by atoms with E-state index in [-0.39, 0.29) is 22.3 Å². The summed E-state index contributed by atoms with van der Waals surface area (Å²) < 4.78 is 0. The molecule has 2 aromatic rings. The molecule has 1 fully saturated rings. The van der Waals surface area contributed by atoms with Crippen LogP contribution in [-0.4, -0.2) is 90.8 Å². The Morgan fingerprint density at radius 1 is 1.05 bits per heavy atom. The highest BCUT2D eigenvalue weighted by molar-refractivity contribution is 6.25. The van der Waals surface area contributed by atoms with Crippen molar-refractivity contribution in [1.82, 2.24) is 4.90 Å². The zero-order chi connectivity index (χ0) is 30.1. The summed E-state index contributed by atoms with van der Waals surface area (Å²) in [5.41, 5.74) is 1.08. The molecule has 0 aliphatic heterocycles. The average molecular weight is 563 g/mol. The maximum Gasteiger partial charge on any atom is 0.335 e. The first-order valence-electron chi connectivity index (χ1n) is 12.4. The Bertz CT molecular complexity index is 1650. The monoisotopic (exact) mass is 562 g/mol. The van der Waals surface area contributed by atoms with E-state index in [1.807, 2.05) is 0 Å². The second kappa shape index (κ2) is 9.41. The first-order chi connectivity index (χ1) is 19.2. The van der Waals surface area contributed by atoms with E-state index >= 15 is 0 Å². The summed E-state index contributed by atoms with van der Waals surface area (Å²) in [5.74, 6) is -10.7. The van der Waals surface area contributed by atoms with Crippen LogP contribution < -0.4 is 5.73 Å². The van der Waals surface area contributed by atoms with Gasteiger partial charge in [-0.3, -0.25) is 19.3 Å². The number of fused-ring (bicyclic) bond motifs is 3. The van der Waals surface area contributed by atoms with Gasteiger partial charge in [0.25, 0.3) is 5.91 Å². The molecule has 0 spiro atoms. The number of Topliss-reactive ketones (excluding diaryl/α,β-unsaturated/α-hetero) is 2. The molecule has 8 N–H and O–H groups in total. The molecule has 1 saturated carbocycles. The van der Waals surface area contributed by atoms with Crippen molar-refractivity contribution >= 4 is 40.9 Å². The van der Waals surface area contributed by atoms with E-state index in [2.05, 4.69) is 0 Å². The highest BCUT2D eigenvalue weighted by Crippen LogP contribution is 2.56. The number of aromatic carboxylic acids is 1. The van der Waals surface area contributed by atoms with Crippen LogP contribution in [0.5, 0.6) is 5.75 Å². The highest BCUT2D eigenvalue weighted by Gasteiger charge is 2.68. The number of ketones is 2. The van der Waals surface area contributed by atoms with Crippen LogP contribution in [0.1, 0.15) is 27.0 Å². The predicted octanol–water partition coefficient (Wildman–Crippen LogP) is 0.631. The number of carboxylic acids is 1. The first kappa shape index (κ1) is 27.8. The van der Waals surface area contributed by atoms with Crippen molar-refractivity contribution in [3.63, 3.8) is 0 Å². The van der Waals surface area contributed by atoms with Crippen molar-refractivity contribution in [2.24, 2.45) is 17.6 Å². The minimum absolute atomic E-state index is 0.0564. The number of nitrogens with zero attached hydrogens (tertiary/aromatic N) is 1. The molecule has 41 heavy (non-hydrogen) atoms. The van der Waals surface area contributed by atoms with Crippen LogP contribution >= 0.6 is 0 Å². The van der Waals surface area contributed by atoms with Crippen molar-refractivity contribution in [3.8, 4) is 5.75 Å². The normalized spacial score (nSPS) is 28.5. The molecule has 3 aliphatic carbocycles. The number of carboxylic acid groups (broad SMARTS) is 1. The maximum atomic E-state index is 14.1. The largest absolute Gasteiger partial charge is 0.508 e. The van der Waals surface area contributed by atoms with Crippen molar-refractivity contribution < 1.29 is 49.8 Å². The second-order valence-electron chi connectivity index (χ2n) is 10.4. The third-order valence-corrected chi connectivity index (χ3v) is 7.99. The zero-order valence-corrected chi connectivity index (χ0v) is 21.8. The van der Waals surface area contributed by atoms with E-state index in [9.17, 15) is 49.8 Å². The summed E-state index contributed by atoms with van der Waals surface area (Å²) in [5, 5.41) is 66.1. The quantitative estimate of drug-likeness (QED) is 0.256. The van der Waals surface area contributed by atoms with Crippen LogP contribution in [0.4, 0.5) is 0 Å². The van der Waals surface area contributed by atoms with Crippen LogP contribution in [0.25, 0.3) is 17.4 Å². The zero-order valence-electron chi connectivity index (χ0n) is 21.8. The molecule has 5 unspecified atom stereocenters. The molecule has 12 heteroatoms. The minimum atomic E-state index is -3.05. The molecular weight excluding hydrogens is 536 g/mol. The van der Waals surface area contributed by atoms with Gasteiger partial charge in [-0.1, -0.05) is 30.3 Å². The van der Waals surface area contributed by atoms with E-state index in [0.29, 0.717) is 5.56 Å². The molecule has 0 aromatic heterocycles. The van der Waals surface area contributed by atoms with E-state index < -0.39 is 81.4 Å². The van der Waals surface area contributed by atoms with Crippen molar-refractivity contribution in [2.45, 2.75) is 17.7 Å². The fraction of sp³-hybridized carbons (Fsp3) is 0.241. The number of aliphatic hydroxyl groups is 4. The van der Waals surface area contributed by atoms with Gasteiger partial charge in [0.15, 0.2) is 11.4 Å². The average Bonchev–Trinajstić information content (AvgIpc) is 2.90. The summed E-state index contributed by atoms with van der Waals surface area (Å²) in [4.78, 5) is 52.5. The lowest BCUT2D eigenvalue weighted by molar-refractivity contribution is -0.166. The van der Waals surface area contributed by atoms with Crippen LogP contribution in [-0.2, 0) is 14.4 Å². The van der Waals surface area contributed by atoms with Crippen LogP contribution in [0, 0.1) is 11.8 Å². The standard InChI is InChI=1S/C29H26N2O10/c1-31(2)21-20-23(34)17-14(10-11-5-3-6-12(9-11)28(39)40)13-7-4-8-15(32)16(13)22(33)18(17)25(36)29(20,41)26(37)19(24(21)35)27(30)38/h3-10,17,20-21,23,32-34,37,41H,1-2H3,(H2,30,38)(H,39,40)/b14-10+. The maximum absolute atomic E-state index is 14.1. The molecule has 2 aromatic carbocycles. The predicted molar refractivity (Wildman–Crippen MR) is 143 cm³/mol. The van der Waals surface area contributed by atoms with Gasteiger partial charge in [0.2, 0.25) is 5.78 Å². The lowest BCUT2D eigenvalue weighted by Gasteiger charge is -2.53. The van der Waals surface area contributed by atoms with E-state index in [4.69, 9.17) is 5.73 Å². The molecule has 5 rings (SSSR count). The summed E-state index contributed by atoms with van der Waals surface area (Å²) >= 11 is 0. The lowest BCUT2D eigenvalue weighted by Crippen LogP contribution is -2.70. The van der Waals surface area contributed by atoms with Gasteiger partial charge in [-0.15, -0.1) is 0 Å². The van der Waals surface area contributed by atoms with Gasteiger partial charge in [-0.25, -0.2) is 4.79 Å². The number of phenolic OH excluding ortho intramolecular Hbond substituents is 1. The molecule has 0 radical (unpaired) electrons. The summed E-state index contributed by atoms with van der Waals surface area (Å²) in [7, 11) is 2.82. The van der Waals surface area contributed by atoms with Crippen LogP contribution in [0.15, 0.2) is 59.4 Å². The van der Waals surface area contributed by atoms with E-state index in [1.54, 1.807) is 6.07 Å². The number of rotatable bonds is 4. The number of amides is 1. The Hall–Kier alpha value is -4.78. The molecule has 5 atom stereocenters. The minimum Gasteiger partial charge on any atom is -0.508 e. The Balaban J connectivity index is 1.85. The highest BCUT2D eigenvalue weighted by atomic mass is 16.4. The lowest BCUT2D eigenvalue weighted by atomic mass is 9.55. The number of nitrogens with two attached hydrogens (primary N) is 1. The molecule has 0 heterocycles. The van der Waals surface area contributed by atoms with Gasteiger partial charge >= 0.3 is 5.97 Å². The number of hydrogen-bond donors (Lipinski definition) is 7. The first-order valence-corrected chi connectivity index (χ1v) is 12.4. The molecule has 212 valence electrons. The Morgan fingerprint density at radius 3 is 2.32 bits per heavy atom. The molecule has 0 bridgehead atoms. The number of carbonyl (C=O) groups excluding carboxylic acids is 3. The number of carbonyl (C=O) groups is 4. The molecule has 12 nitrogen and oxygen atoms in total.